The number of aliphatic imine (C=N–C) groups is 1. The zero-order valence-electron chi connectivity index (χ0n) is 12.1. The maximum Gasteiger partial charge on any atom is 0.234 e. The number of likely N-dealkylation sites (N-methyl/N-ethyl adjacent to an activating group) is 1. The van der Waals surface area contributed by atoms with E-state index in [1.165, 1.54) is 11.3 Å². The van der Waals surface area contributed by atoms with Gasteiger partial charge in [-0.1, -0.05) is 0 Å². The molecule has 0 saturated heterocycles. The Labute approximate surface area is 138 Å². The number of thiazole rings is 1. The van der Waals surface area contributed by atoms with Crippen LogP contribution in [0.3, 0.4) is 0 Å². The molecule has 12 heteroatoms. The summed E-state index contributed by atoms with van der Waals surface area (Å²) in [6, 6.07) is 3.42. The highest BCUT2D eigenvalue weighted by Crippen LogP contribution is 2.28. The van der Waals surface area contributed by atoms with Gasteiger partial charge in [-0.2, -0.15) is 9.71 Å². The van der Waals surface area contributed by atoms with Crippen LogP contribution in [0.15, 0.2) is 26.9 Å². The molecule has 0 aliphatic rings. The van der Waals surface area contributed by atoms with E-state index in [4.69, 9.17) is 26.2 Å². The van der Waals surface area contributed by atoms with Crippen molar-refractivity contribution in [3.63, 3.8) is 0 Å². The van der Waals surface area contributed by atoms with E-state index in [2.05, 4.69) is 20.0 Å². The highest BCUT2D eigenvalue weighted by Gasteiger charge is 2.26. The van der Waals surface area contributed by atoms with Gasteiger partial charge in [-0.05, 0) is 19.2 Å². The van der Waals surface area contributed by atoms with Gasteiger partial charge in [0.25, 0.3) is 0 Å². The van der Waals surface area contributed by atoms with Crippen LogP contribution in [0.25, 0.3) is 11.5 Å². The Morgan fingerprint density at radius 2 is 2.30 bits per heavy atom. The molecule has 10 nitrogen and oxygen atoms in total. The van der Waals surface area contributed by atoms with E-state index in [9.17, 15) is 4.21 Å². The van der Waals surface area contributed by atoms with Gasteiger partial charge < -0.3 is 15.9 Å². The Morgan fingerprint density at radius 3 is 2.91 bits per heavy atom. The van der Waals surface area contributed by atoms with E-state index in [0.29, 0.717) is 22.3 Å². The van der Waals surface area contributed by atoms with Gasteiger partial charge in [0.1, 0.15) is 17.2 Å². The van der Waals surface area contributed by atoms with Crippen molar-refractivity contribution in [2.75, 3.05) is 7.05 Å². The molecule has 0 aliphatic heterocycles. The Hall–Kier alpha value is -1.83. The first-order valence-corrected chi connectivity index (χ1v) is 8.30. The number of furan rings is 1. The molecule has 0 aliphatic carbocycles. The topological polar surface area (TPSA) is 178 Å². The summed E-state index contributed by atoms with van der Waals surface area (Å²) in [7, 11) is 1.56. The maximum absolute atomic E-state index is 10.9. The standard InChI is InChI=1S/C11H17N7O3S2/c1-15-11(14,18-23(19)20)4-6-2-3-8(21-6)7-5-22-10(16-7)17-9(12)13/h2-3,5,15,18H,4,14H2,1H3,(H,19,20)(H4,12,13,16,17). The average Bonchev–Trinajstić information content (AvgIpc) is 3.06. The van der Waals surface area contributed by atoms with Crippen LogP contribution in [-0.4, -0.2) is 32.5 Å². The molecular formula is C11H17N7O3S2. The Bertz CT molecular complexity index is 725. The molecule has 0 bridgehead atoms. The second-order valence-corrected chi connectivity index (χ2v) is 6.11. The van der Waals surface area contributed by atoms with Crippen molar-refractivity contribution in [2.45, 2.75) is 12.2 Å². The number of hydrogen-bond donors (Lipinski definition) is 6. The summed E-state index contributed by atoms with van der Waals surface area (Å²) in [6.07, 6.45) is 0.140. The summed E-state index contributed by atoms with van der Waals surface area (Å²) >= 11 is -1.00. The minimum Gasteiger partial charge on any atom is -0.459 e. The summed E-state index contributed by atoms with van der Waals surface area (Å²) in [6.45, 7) is 0. The summed E-state index contributed by atoms with van der Waals surface area (Å²) in [5, 5.41) is 4.89. The fraction of sp³-hybridized carbons (Fsp3) is 0.273. The van der Waals surface area contributed by atoms with E-state index < -0.39 is 17.1 Å². The molecule has 2 aromatic rings. The van der Waals surface area contributed by atoms with E-state index >= 15 is 0 Å². The van der Waals surface area contributed by atoms with Crippen LogP contribution in [0.4, 0.5) is 5.13 Å². The Kier molecular flexibility index (Phi) is 5.46. The molecule has 0 saturated carbocycles. The lowest BCUT2D eigenvalue weighted by Gasteiger charge is -2.27. The van der Waals surface area contributed by atoms with Crippen LogP contribution in [0.2, 0.25) is 0 Å². The van der Waals surface area contributed by atoms with Gasteiger partial charge in [0, 0.05) is 5.38 Å². The number of aromatic nitrogens is 1. The number of nitrogens with two attached hydrogens (primary N) is 3. The van der Waals surface area contributed by atoms with Gasteiger partial charge in [0.15, 0.2) is 11.7 Å². The zero-order chi connectivity index (χ0) is 17.0. The second-order valence-electron chi connectivity index (χ2n) is 4.57. The molecular weight excluding hydrogens is 342 g/mol. The first-order valence-electron chi connectivity index (χ1n) is 6.32. The SMILES string of the molecule is CNC(N)(Cc1ccc(-c2csc(N=C(N)N)n2)o1)NS(=O)O. The first kappa shape index (κ1) is 17.5. The lowest BCUT2D eigenvalue weighted by molar-refractivity contribution is 0.307. The predicted molar refractivity (Wildman–Crippen MR) is 88.9 cm³/mol. The summed E-state index contributed by atoms with van der Waals surface area (Å²) < 4.78 is 27.8. The third-order valence-corrected chi connectivity index (χ3v) is 4.07. The quantitative estimate of drug-likeness (QED) is 0.164. The third-order valence-electron chi connectivity index (χ3n) is 2.80. The van der Waals surface area contributed by atoms with E-state index in [-0.39, 0.29) is 12.4 Å². The maximum atomic E-state index is 10.9. The average molecular weight is 359 g/mol. The van der Waals surface area contributed by atoms with Crippen LogP contribution in [-0.2, 0) is 17.7 Å². The summed E-state index contributed by atoms with van der Waals surface area (Å²) in [5.41, 5.74) is 17.1. The van der Waals surface area contributed by atoms with Crippen molar-refractivity contribution in [3.8, 4) is 11.5 Å². The molecule has 0 fully saturated rings. The lowest BCUT2D eigenvalue weighted by atomic mass is 10.2. The Morgan fingerprint density at radius 1 is 1.57 bits per heavy atom. The zero-order valence-corrected chi connectivity index (χ0v) is 13.8. The summed E-state index contributed by atoms with van der Waals surface area (Å²) in [5.74, 6) is -0.348. The largest absolute Gasteiger partial charge is 0.459 e. The molecule has 0 radical (unpaired) electrons. The molecule has 2 unspecified atom stereocenters. The lowest BCUT2D eigenvalue weighted by Crippen LogP contribution is -2.64. The van der Waals surface area contributed by atoms with Crippen molar-refractivity contribution >= 4 is 33.7 Å². The van der Waals surface area contributed by atoms with Crippen molar-refractivity contribution < 1.29 is 13.2 Å². The number of nitrogens with zero attached hydrogens (tertiary/aromatic N) is 2. The minimum atomic E-state index is -2.27. The van der Waals surface area contributed by atoms with E-state index in [1.54, 1.807) is 24.6 Å². The minimum absolute atomic E-state index is 0.0731. The van der Waals surface area contributed by atoms with Crippen LogP contribution >= 0.6 is 11.3 Å². The molecule has 0 amide bonds. The van der Waals surface area contributed by atoms with Crippen LogP contribution < -0.4 is 27.2 Å². The fourth-order valence-electron chi connectivity index (χ4n) is 1.76. The second kappa shape index (κ2) is 7.16. The highest BCUT2D eigenvalue weighted by atomic mass is 32.2. The molecule has 2 heterocycles. The summed E-state index contributed by atoms with van der Waals surface area (Å²) in [4.78, 5) is 8.08. The molecule has 2 aromatic heterocycles. The van der Waals surface area contributed by atoms with Gasteiger partial charge >= 0.3 is 0 Å². The highest BCUT2D eigenvalue weighted by molar-refractivity contribution is 7.77. The molecule has 0 spiro atoms. The Balaban J connectivity index is 2.15. The van der Waals surface area contributed by atoms with Crippen LogP contribution in [0, 0.1) is 0 Å². The van der Waals surface area contributed by atoms with Gasteiger partial charge in [-0.3, -0.25) is 15.6 Å². The van der Waals surface area contributed by atoms with E-state index in [0.717, 1.165) is 0 Å². The number of guanidine groups is 1. The first-order chi connectivity index (χ1) is 10.8. The molecule has 2 rings (SSSR count). The van der Waals surface area contributed by atoms with E-state index in [1.807, 2.05) is 0 Å². The number of hydrogen-bond acceptors (Lipinski definition) is 7. The third kappa shape index (κ3) is 4.82. The van der Waals surface area contributed by atoms with Crippen molar-refractivity contribution in [2.24, 2.45) is 22.2 Å². The van der Waals surface area contributed by atoms with Crippen LogP contribution in [0.5, 0.6) is 0 Å². The monoisotopic (exact) mass is 359 g/mol. The number of nitrogens with one attached hydrogen (secondary N) is 2. The van der Waals surface area contributed by atoms with Gasteiger partial charge in [0.05, 0.1) is 6.42 Å². The smallest absolute Gasteiger partial charge is 0.234 e. The van der Waals surface area contributed by atoms with Gasteiger partial charge in [-0.15, -0.1) is 11.3 Å². The molecule has 2 atom stereocenters. The van der Waals surface area contributed by atoms with Gasteiger partial charge in [0.2, 0.25) is 16.4 Å². The van der Waals surface area contributed by atoms with Crippen molar-refractivity contribution in [1.29, 1.82) is 0 Å². The number of rotatable bonds is 7. The van der Waals surface area contributed by atoms with Crippen LogP contribution in [0.1, 0.15) is 5.76 Å². The van der Waals surface area contributed by atoms with Crippen molar-refractivity contribution in [3.05, 3.63) is 23.3 Å². The normalized spacial score (nSPS) is 15.1. The predicted octanol–water partition coefficient (Wildman–Crippen LogP) is -0.591. The fourth-order valence-corrected chi connectivity index (χ4v) is 2.94. The molecule has 9 N–H and O–H groups in total. The molecule has 0 aromatic carbocycles. The van der Waals surface area contributed by atoms with Gasteiger partial charge in [-0.25, -0.2) is 9.19 Å². The van der Waals surface area contributed by atoms with Crippen molar-refractivity contribution in [1.82, 2.24) is 15.0 Å². The molecule has 126 valence electrons. The molecule has 23 heavy (non-hydrogen) atoms.